The molecule has 0 saturated carbocycles. The average Bonchev–Trinajstić information content (AvgIpc) is 2.62. The molecule has 0 aliphatic heterocycles. The van der Waals surface area contributed by atoms with Crippen LogP contribution < -0.4 is 5.56 Å². The molecule has 4 heteroatoms. The highest BCUT2D eigenvalue weighted by Gasteiger charge is 2.16. The smallest absolute Gasteiger partial charge is 0.338 e. The Kier molecular flexibility index (Phi) is 4.06. The topological polar surface area (TPSA) is 59.2 Å². The number of aromatic amines is 1. The number of benzene rings is 2. The third-order valence-corrected chi connectivity index (χ3v) is 3.64. The van der Waals surface area contributed by atoms with Gasteiger partial charge in [0.25, 0.3) is 5.56 Å². The van der Waals surface area contributed by atoms with Crippen molar-refractivity contribution in [2.24, 2.45) is 0 Å². The summed E-state index contributed by atoms with van der Waals surface area (Å²) in [7, 11) is 1.33. The molecular weight excluding hydrogens is 290 g/mol. The Morgan fingerprint density at radius 3 is 2.39 bits per heavy atom. The van der Waals surface area contributed by atoms with E-state index in [0.717, 1.165) is 11.1 Å². The first-order chi connectivity index (χ1) is 11.2. The van der Waals surface area contributed by atoms with Gasteiger partial charge >= 0.3 is 5.97 Å². The summed E-state index contributed by atoms with van der Waals surface area (Å²) in [5.74, 6) is -0.470. The molecule has 0 amide bonds. The van der Waals surface area contributed by atoms with Gasteiger partial charge in [0.1, 0.15) is 0 Å². The highest BCUT2D eigenvalue weighted by Crippen LogP contribution is 2.28. The second-order valence-corrected chi connectivity index (χ2v) is 5.03. The van der Waals surface area contributed by atoms with E-state index in [0.29, 0.717) is 16.7 Å². The van der Waals surface area contributed by atoms with Crippen LogP contribution in [-0.2, 0) is 4.74 Å². The van der Waals surface area contributed by atoms with E-state index in [1.54, 1.807) is 24.4 Å². The highest BCUT2D eigenvalue weighted by molar-refractivity contribution is 5.98. The third-order valence-electron chi connectivity index (χ3n) is 3.64. The summed E-state index contributed by atoms with van der Waals surface area (Å²) in [6.45, 7) is 0. The molecule has 1 N–H and O–H groups in total. The van der Waals surface area contributed by atoms with E-state index in [1.165, 1.54) is 7.11 Å². The fourth-order valence-corrected chi connectivity index (χ4v) is 2.50. The van der Waals surface area contributed by atoms with Crippen LogP contribution in [0.1, 0.15) is 10.4 Å². The van der Waals surface area contributed by atoms with Gasteiger partial charge in [-0.15, -0.1) is 0 Å². The molecule has 1 aromatic heterocycles. The molecule has 23 heavy (non-hydrogen) atoms. The van der Waals surface area contributed by atoms with Crippen molar-refractivity contribution in [3.05, 3.63) is 82.8 Å². The summed E-state index contributed by atoms with van der Waals surface area (Å²) < 4.78 is 4.83. The summed E-state index contributed by atoms with van der Waals surface area (Å²) in [5, 5.41) is 0. The van der Waals surface area contributed by atoms with Crippen LogP contribution in [0.5, 0.6) is 0 Å². The quantitative estimate of drug-likeness (QED) is 0.753. The molecular formula is C19H15NO3. The zero-order valence-corrected chi connectivity index (χ0v) is 12.6. The molecule has 114 valence electrons. The van der Waals surface area contributed by atoms with Gasteiger partial charge in [0.2, 0.25) is 0 Å². The molecule has 3 rings (SSSR count). The monoisotopic (exact) mass is 305 g/mol. The lowest BCUT2D eigenvalue weighted by Gasteiger charge is -2.10. The second-order valence-electron chi connectivity index (χ2n) is 5.03. The molecule has 0 fully saturated rings. The van der Waals surface area contributed by atoms with E-state index < -0.39 is 5.97 Å². The van der Waals surface area contributed by atoms with Crippen molar-refractivity contribution in [3.8, 4) is 22.3 Å². The molecule has 4 nitrogen and oxygen atoms in total. The number of pyridine rings is 1. The van der Waals surface area contributed by atoms with Crippen LogP contribution in [0.15, 0.2) is 71.7 Å². The molecule has 0 unspecified atom stereocenters. The maximum Gasteiger partial charge on any atom is 0.338 e. The minimum absolute atomic E-state index is 0.247. The first kappa shape index (κ1) is 14.8. The lowest BCUT2D eigenvalue weighted by atomic mass is 9.95. The normalized spacial score (nSPS) is 10.3. The summed E-state index contributed by atoms with van der Waals surface area (Å²) in [6.07, 6.45) is 1.56. The average molecular weight is 305 g/mol. The van der Waals surface area contributed by atoms with Crippen molar-refractivity contribution in [1.82, 2.24) is 4.98 Å². The molecule has 0 radical (unpaired) electrons. The van der Waals surface area contributed by atoms with Crippen LogP contribution in [-0.4, -0.2) is 18.1 Å². The van der Waals surface area contributed by atoms with Crippen LogP contribution in [0.4, 0.5) is 0 Å². The lowest BCUT2D eigenvalue weighted by Crippen LogP contribution is -2.11. The van der Waals surface area contributed by atoms with Gasteiger partial charge < -0.3 is 9.72 Å². The number of carbonyl (C=O) groups is 1. The number of esters is 1. The minimum atomic E-state index is -0.470. The Morgan fingerprint density at radius 2 is 1.70 bits per heavy atom. The number of methoxy groups -OCH3 is 1. The lowest BCUT2D eigenvalue weighted by molar-refractivity contribution is 0.0601. The molecule has 0 spiro atoms. The SMILES string of the molecule is COC(=O)c1ccc(-c2ccccc2)cc1-c1ccc[nH]c1=O. The van der Waals surface area contributed by atoms with Crippen molar-refractivity contribution in [2.75, 3.05) is 7.11 Å². The zero-order valence-electron chi connectivity index (χ0n) is 12.6. The third kappa shape index (κ3) is 2.92. The van der Waals surface area contributed by atoms with E-state index in [9.17, 15) is 9.59 Å². The Morgan fingerprint density at radius 1 is 0.913 bits per heavy atom. The van der Waals surface area contributed by atoms with Crippen LogP contribution in [0.3, 0.4) is 0 Å². The zero-order chi connectivity index (χ0) is 16.2. The number of hydrogen-bond donors (Lipinski definition) is 1. The fourth-order valence-electron chi connectivity index (χ4n) is 2.50. The molecule has 0 saturated heterocycles. The largest absolute Gasteiger partial charge is 0.465 e. The van der Waals surface area contributed by atoms with Crippen molar-refractivity contribution < 1.29 is 9.53 Å². The first-order valence-electron chi connectivity index (χ1n) is 7.16. The minimum Gasteiger partial charge on any atom is -0.465 e. The Bertz CT molecular complexity index is 898. The van der Waals surface area contributed by atoms with Gasteiger partial charge in [-0.05, 0) is 35.4 Å². The maximum atomic E-state index is 12.1. The van der Waals surface area contributed by atoms with Gasteiger partial charge in [0.15, 0.2) is 0 Å². The van der Waals surface area contributed by atoms with Crippen LogP contribution in [0.25, 0.3) is 22.3 Å². The van der Waals surface area contributed by atoms with Gasteiger partial charge in [-0.1, -0.05) is 36.4 Å². The summed E-state index contributed by atoms with van der Waals surface area (Å²) in [4.78, 5) is 26.8. The predicted octanol–water partition coefficient (Wildman–Crippen LogP) is 3.50. The van der Waals surface area contributed by atoms with Crippen molar-refractivity contribution >= 4 is 5.97 Å². The number of aromatic nitrogens is 1. The molecule has 3 aromatic rings. The first-order valence-corrected chi connectivity index (χ1v) is 7.16. The van der Waals surface area contributed by atoms with E-state index in [4.69, 9.17) is 4.74 Å². The number of ether oxygens (including phenoxy) is 1. The maximum absolute atomic E-state index is 12.1. The van der Waals surface area contributed by atoms with Gasteiger partial charge in [-0.2, -0.15) is 0 Å². The standard InChI is InChI=1S/C19H15NO3/c1-23-19(22)16-10-9-14(13-6-3-2-4-7-13)12-17(16)15-8-5-11-20-18(15)21/h2-12H,1H3,(H,20,21). The van der Waals surface area contributed by atoms with E-state index >= 15 is 0 Å². The summed E-state index contributed by atoms with van der Waals surface area (Å²) >= 11 is 0. The molecule has 1 heterocycles. The van der Waals surface area contributed by atoms with Crippen LogP contribution in [0.2, 0.25) is 0 Å². The van der Waals surface area contributed by atoms with Crippen LogP contribution >= 0.6 is 0 Å². The molecule has 0 atom stereocenters. The van der Waals surface area contributed by atoms with E-state index in [2.05, 4.69) is 4.98 Å². The number of carbonyl (C=O) groups excluding carboxylic acids is 1. The summed E-state index contributed by atoms with van der Waals surface area (Å²) in [6, 6.07) is 18.6. The van der Waals surface area contributed by atoms with Crippen molar-refractivity contribution in [1.29, 1.82) is 0 Å². The number of nitrogens with one attached hydrogen (secondary N) is 1. The van der Waals surface area contributed by atoms with Crippen LogP contribution in [0, 0.1) is 0 Å². The van der Waals surface area contributed by atoms with Gasteiger partial charge in [0.05, 0.1) is 12.7 Å². The number of hydrogen-bond acceptors (Lipinski definition) is 3. The Labute approximate surface area is 133 Å². The molecule has 0 aliphatic carbocycles. The van der Waals surface area contributed by atoms with Crippen molar-refractivity contribution in [3.63, 3.8) is 0 Å². The molecule has 0 bridgehead atoms. The van der Waals surface area contributed by atoms with E-state index in [1.807, 2.05) is 42.5 Å². The van der Waals surface area contributed by atoms with E-state index in [-0.39, 0.29) is 5.56 Å². The van der Waals surface area contributed by atoms with Gasteiger partial charge in [0, 0.05) is 17.3 Å². The van der Waals surface area contributed by atoms with Crippen molar-refractivity contribution in [2.45, 2.75) is 0 Å². The fraction of sp³-hybridized carbons (Fsp3) is 0.0526. The molecule has 2 aromatic carbocycles. The Hall–Kier alpha value is -3.14. The number of rotatable bonds is 3. The highest BCUT2D eigenvalue weighted by atomic mass is 16.5. The van der Waals surface area contributed by atoms with Gasteiger partial charge in [-0.25, -0.2) is 4.79 Å². The Balaban J connectivity index is 2.24. The second kappa shape index (κ2) is 6.32. The van der Waals surface area contributed by atoms with Gasteiger partial charge in [-0.3, -0.25) is 4.79 Å². The summed E-state index contributed by atoms with van der Waals surface area (Å²) in [5.41, 5.74) is 3.05. The number of H-pyrrole nitrogens is 1. The molecule has 0 aliphatic rings. The predicted molar refractivity (Wildman–Crippen MR) is 89.3 cm³/mol.